The van der Waals surface area contributed by atoms with E-state index in [4.69, 9.17) is 4.42 Å². The maximum absolute atomic E-state index is 13.4. The quantitative estimate of drug-likeness (QED) is 0.843. The summed E-state index contributed by atoms with van der Waals surface area (Å²) in [6, 6.07) is 5.04. The van der Waals surface area contributed by atoms with Gasteiger partial charge in [-0.1, -0.05) is 0 Å². The van der Waals surface area contributed by atoms with Gasteiger partial charge in [0.2, 0.25) is 0 Å². The predicted molar refractivity (Wildman–Crippen MR) is 72.6 cm³/mol. The van der Waals surface area contributed by atoms with Gasteiger partial charge in [-0.25, -0.2) is 4.39 Å². The lowest BCUT2D eigenvalue weighted by molar-refractivity contribution is 0.516. The fourth-order valence-corrected chi connectivity index (χ4v) is 2.26. The topological polar surface area (TPSA) is 25.2 Å². The van der Waals surface area contributed by atoms with Crippen LogP contribution in [0.25, 0.3) is 0 Å². The highest BCUT2D eigenvalue weighted by Gasteiger charge is 2.07. The number of aryl methyl sites for hydroxylation is 1. The Labute approximate surface area is 115 Å². The van der Waals surface area contributed by atoms with Crippen molar-refractivity contribution in [2.45, 2.75) is 13.5 Å². The smallest absolute Gasteiger partial charge is 0.139 e. The second kappa shape index (κ2) is 5.23. The van der Waals surface area contributed by atoms with Crippen molar-refractivity contribution in [3.8, 4) is 0 Å². The number of benzene rings is 1. The van der Waals surface area contributed by atoms with Gasteiger partial charge in [-0.3, -0.25) is 0 Å². The predicted octanol–water partition coefficient (Wildman–Crippen LogP) is 4.86. The first kappa shape index (κ1) is 12.6. The third-order valence-corrected chi connectivity index (χ3v) is 3.71. The molecule has 0 saturated heterocycles. The minimum atomic E-state index is -0.281. The van der Waals surface area contributed by atoms with Crippen LogP contribution in [-0.4, -0.2) is 0 Å². The minimum Gasteiger partial charge on any atom is -0.466 e. The van der Waals surface area contributed by atoms with Crippen LogP contribution in [0.5, 0.6) is 0 Å². The normalized spacial score (nSPS) is 10.6. The number of halogens is 3. The van der Waals surface area contributed by atoms with E-state index in [1.54, 1.807) is 12.3 Å². The van der Waals surface area contributed by atoms with Crippen molar-refractivity contribution in [3.63, 3.8) is 0 Å². The number of hydrogen-bond donors (Lipinski definition) is 1. The summed E-state index contributed by atoms with van der Waals surface area (Å²) in [4.78, 5) is 0. The van der Waals surface area contributed by atoms with Gasteiger partial charge in [0.15, 0.2) is 0 Å². The van der Waals surface area contributed by atoms with Gasteiger partial charge >= 0.3 is 0 Å². The van der Waals surface area contributed by atoms with Crippen molar-refractivity contribution in [3.05, 3.63) is 50.5 Å². The molecule has 1 aromatic heterocycles. The van der Waals surface area contributed by atoms with E-state index in [0.717, 1.165) is 21.5 Å². The van der Waals surface area contributed by atoms with E-state index >= 15 is 0 Å². The van der Waals surface area contributed by atoms with Crippen molar-refractivity contribution in [2.75, 3.05) is 5.32 Å². The molecule has 1 N–H and O–H groups in total. The third-order valence-electron chi connectivity index (χ3n) is 2.40. The fraction of sp³-hybridized carbons (Fsp3) is 0.167. The lowest BCUT2D eigenvalue weighted by Gasteiger charge is -2.09. The SMILES string of the molecule is Cc1cc(Br)c(F)cc1NCc1occc1Br. The molecule has 0 unspecified atom stereocenters. The first-order chi connectivity index (χ1) is 8.08. The minimum absolute atomic E-state index is 0.281. The molecule has 1 heterocycles. The van der Waals surface area contributed by atoms with Crippen LogP contribution < -0.4 is 5.32 Å². The van der Waals surface area contributed by atoms with E-state index < -0.39 is 0 Å². The zero-order valence-electron chi connectivity index (χ0n) is 9.06. The molecule has 0 radical (unpaired) electrons. The number of nitrogens with one attached hydrogen (secondary N) is 1. The van der Waals surface area contributed by atoms with Crippen LogP contribution in [-0.2, 0) is 6.54 Å². The number of anilines is 1. The Morgan fingerprint density at radius 3 is 2.71 bits per heavy atom. The monoisotopic (exact) mass is 361 g/mol. The zero-order valence-corrected chi connectivity index (χ0v) is 12.2. The Balaban J connectivity index is 2.14. The Kier molecular flexibility index (Phi) is 3.89. The van der Waals surface area contributed by atoms with E-state index in [9.17, 15) is 4.39 Å². The van der Waals surface area contributed by atoms with Crippen molar-refractivity contribution >= 4 is 37.5 Å². The van der Waals surface area contributed by atoms with Crippen molar-refractivity contribution in [2.24, 2.45) is 0 Å². The number of rotatable bonds is 3. The second-order valence-electron chi connectivity index (χ2n) is 3.63. The van der Waals surface area contributed by atoms with E-state index in [-0.39, 0.29) is 5.82 Å². The van der Waals surface area contributed by atoms with Crippen molar-refractivity contribution < 1.29 is 8.81 Å². The molecule has 0 fully saturated rings. The highest BCUT2D eigenvalue weighted by Crippen LogP contribution is 2.25. The molecule has 2 nitrogen and oxygen atoms in total. The molecule has 0 aliphatic rings. The average molecular weight is 363 g/mol. The molecule has 5 heteroatoms. The summed E-state index contributed by atoms with van der Waals surface area (Å²) in [5.74, 6) is 0.504. The summed E-state index contributed by atoms with van der Waals surface area (Å²) < 4.78 is 20.0. The molecule has 1 aromatic carbocycles. The van der Waals surface area contributed by atoms with Gasteiger partial charge in [0.1, 0.15) is 11.6 Å². The first-order valence-electron chi connectivity index (χ1n) is 4.99. The van der Waals surface area contributed by atoms with Gasteiger partial charge in [-0.15, -0.1) is 0 Å². The fourth-order valence-electron chi connectivity index (χ4n) is 1.46. The standard InChI is InChI=1S/C12H10Br2FNO/c1-7-4-9(14)10(15)5-11(7)16-6-12-8(13)2-3-17-12/h2-5,16H,6H2,1H3. The maximum atomic E-state index is 13.4. The van der Waals surface area contributed by atoms with Gasteiger partial charge < -0.3 is 9.73 Å². The van der Waals surface area contributed by atoms with Crippen LogP contribution in [0.15, 0.2) is 37.8 Å². The Bertz CT molecular complexity index is 539. The summed E-state index contributed by atoms with van der Waals surface area (Å²) in [6.45, 7) is 2.43. The van der Waals surface area contributed by atoms with Crippen LogP contribution in [0.3, 0.4) is 0 Å². The summed E-state index contributed by atoms with van der Waals surface area (Å²) in [7, 11) is 0. The molecule has 17 heavy (non-hydrogen) atoms. The Hall–Kier alpha value is -0.810. The van der Waals surface area contributed by atoms with E-state index in [1.165, 1.54) is 6.07 Å². The van der Waals surface area contributed by atoms with Gasteiger partial charge in [0, 0.05) is 5.69 Å². The second-order valence-corrected chi connectivity index (χ2v) is 5.34. The molecule has 2 rings (SSSR count). The largest absolute Gasteiger partial charge is 0.466 e. The lowest BCUT2D eigenvalue weighted by atomic mass is 10.2. The van der Waals surface area contributed by atoms with Crippen molar-refractivity contribution in [1.29, 1.82) is 0 Å². The summed E-state index contributed by atoms with van der Waals surface area (Å²) in [6.07, 6.45) is 1.61. The molecule has 0 saturated carbocycles. The molecule has 0 aliphatic heterocycles. The van der Waals surface area contributed by atoms with Crippen LogP contribution in [0, 0.1) is 12.7 Å². The summed E-state index contributed by atoms with van der Waals surface area (Å²) >= 11 is 6.52. The number of furan rings is 1. The Morgan fingerprint density at radius 1 is 1.29 bits per heavy atom. The molecule has 2 aromatic rings. The van der Waals surface area contributed by atoms with E-state index in [2.05, 4.69) is 37.2 Å². The van der Waals surface area contributed by atoms with E-state index in [0.29, 0.717) is 11.0 Å². The molecule has 0 atom stereocenters. The Morgan fingerprint density at radius 2 is 2.06 bits per heavy atom. The van der Waals surface area contributed by atoms with Crippen LogP contribution in [0.4, 0.5) is 10.1 Å². The molecular weight excluding hydrogens is 353 g/mol. The zero-order chi connectivity index (χ0) is 12.4. The molecule has 0 amide bonds. The van der Waals surface area contributed by atoms with Crippen LogP contribution in [0.2, 0.25) is 0 Å². The summed E-state index contributed by atoms with van der Waals surface area (Å²) in [5, 5.41) is 3.14. The lowest BCUT2D eigenvalue weighted by Crippen LogP contribution is -2.01. The molecular formula is C12H10Br2FNO. The van der Waals surface area contributed by atoms with Crippen molar-refractivity contribution in [1.82, 2.24) is 0 Å². The van der Waals surface area contributed by atoms with Gasteiger partial charge in [-0.2, -0.15) is 0 Å². The molecule has 0 spiro atoms. The van der Waals surface area contributed by atoms with Gasteiger partial charge in [0.25, 0.3) is 0 Å². The van der Waals surface area contributed by atoms with Gasteiger partial charge in [-0.05, 0) is 62.5 Å². The number of hydrogen-bond acceptors (Lipinski definition) is 2. The van der Waals surface area contributed by atoms with Gasteiger partial charge in [0.05, 0.1) is 21.8 Å². The highest BCUT2D eigenvalue weighted by atomic mass is 79.9. The molecule has 0 aliphatic carbocycles. The van der Waals surface area contributed by atoms with Crippen LogP contribution in [0.1, 0.15) is 11.3 Å². The van der Waals surface area contributed by atoms with E-state index in [1.807, 2.05) is 13.0 Å². The maximum Gasteiger partial charge on any atom is 0.139 e. The highest BCUT2D eigenvalue weighted by molar-refractivity contribution is 9.10. The van der Waals surface area contributed by atoms with Crippen LogP contribution >= 0.6 is 31.9 Å². The molecule has 0 bridgehead atoms. The third kappa shape index (κ3) is 2.90. The first-order valence-corrected chi connectivity index (χ1v) is 6.58. The average Bonchev–Trinajstić information content (AvgIpc) is 2.68. The molecule has 90 valence electrons. The summed E-state index contributed by atoms with van der Waals surface area (Å²) in [5.41, 5.74) is 1.73.